The van der Waals surface area contributed by atoms with E-state index in [1.165, 1.54) is 0 Å². The third kappa shape index (κ3) is 2.76. The van der Waals surface area contributed by atoms with Gasteiger partial charge in [-0.15, -0.1) is 0 Å². The molecule has 0 radical (unpaired) electrons. The van der Waals surface area contributed by atoms with Crippen LogP contribution in [0.4, 0.5) is 0 Å². The lowest BCUT2D eigenvalue weighted by atomic mass is 10.1. The molecule has 0 spiro atoms. The maximum atomic E-state index is 7.45. The fraction of sp³-hybridized carbons (Fsp3) is 0. The van der Waals surface area contributed by atoms with Crippen molar-refractivity contribution in [1.82, 2.24) is 0 Å². The second kappa shape index (κ2) is 5.58. The molecule has 0 aliphatic heterocycles. The number of nitrogens with one attached hydrogen (secondary N) is 1. The van der Waals surface area contributed by atoms with Crippen LogP contribution in [-0.4, -0.2) is 5.84 Å². The number of amidine groups is 1. The van der Waals surface area contributed by atoms with E-state index in [1.54, 1.807) is 12.1 Å². The first-order chi connectivity index (χ1) is 10.1. The van der Waals surface area contributed by atoms with Crippen LogP contribution in [0.2, 0.25) is 0 Å². The number of hydrogen-bond acceptors (Lipinski definition) is 2. The van der Waals surface area contributed by atoms with Crippen molar-refractivity contribution in [2.45, 2.75) is 0 Å². The minimum atomic E-state index is 0.0346. The van der Waals surface area contributed by atoms with E-state index >= 15 is 0 Å². The van der Waals surface area contributed by atoms with E-state index in [0.717, 1.165) is 21.0 Å². The number of ether oxygens (including phenoxy) is 1. The van der Waals surface area contributed by atoms with Gasteiger partial charge >= 0.3 is 0 Å². The summed E-state index contributed by atoms with van der Waals surface area (Å²) < 4.78 is 6.77. The summed E-state index contributed by atoms with van der Waals surface area (Å²) in [4.78, 5) is 0. The maximum absolute atomic E-state index is 7.45. The van der Waals surface area contributed by atoms with Gasteiger partial charge < -0.3 is 10.5 Å². The highest BCUT2D eigenvalue weighted by atomic mass is 79.9. The third-order valence-electron chi connectivity index (χ3n) is 3.21. The Morgan fingerprint density at radius 1 is 0.952 bits per heavy atom. The molecule has 0 heterocycles. The molecule has 3 rings (SSSR count). The van der Waals surface area contributed by atoms with Gasteiger partial charge in [0, 0.05) is 10.9 Å². The fourth-order valence-electron chi connectivity index (χ4n) is 2.15. The molecule has 0 saturated carbocycles. The quantitative estimate of drug-likeness (QED) is 0.537. The average Bonchev–Trinajstić information content (AvgIpc) is 2.49. The van der Waals surface area contributed by atoms with E-state index in [9.17, 15) is 0 Å². The molecule has 0 aromatic heterocycles. The molecule has 0 aliphatic rings. The molecule has 0 amide bonds. The Balaban J connectivity index is 2.01. The zero-order valence-electron chi connectivity index (χ0n) is 11.1. The monoisotopic (exact) mass is 340 g/mol. The number of rotatable bonds is 3. The summed E-state index contributed by atoms with van der Waals surface area (Å²) in [6, 6.07) is 19.4. The number of hydrogen-bond donors (Lipinski definition) is 2. The molecular formula is C17H13BrN2O. The predicted molar refractivity (Wildman–Crippen MR) is 89.2 cm³/mol. The van der Waals surface area contributed by atoms with Gasteiger partial charge in [-0.2, -0.15) is 0 Å². The third-order valence-corrected chi connectivity index (χ3v) is 3.83. The Labute approximate surface area is 131 Å². The van der Waals surface area contributed by atoms with E-state index in [-0.39, 0.29) is 5.84 Å². The van der Waals surface area contributed by atoms with E-state index in [4.69, 9.17) is 15.9 Å². The van der Waals surface area contributed by atoms with E-state index in [1.807, 2.05) is 36.4 Å². The van der Waals surface area contributed by atoms with Crippen LogP contribution in [0.1, 0.15) is 5.56 Å². The Hall–Kier alpha value is -2.33. The maximum Gasteiger partial charge on any atom is 0.141 e. The Bertz CT molecular complexity index is 825. The molecule has 21 heavy (non-hydrogen) atoms. The van der Waals surface area contributed by atoms with Crippen molar-refractivity contribution in [3.05, 3.63) is 70.7 Å². The molecule has 0 bridgehead atoms. The van der Waals surface area contributed by atoms with Crippen molar-refractivity contribution in [1.29, 1.82) is 5.41 Å². The summed E-state index contributed by atoms with van der Waals surface area (Å²) in [6.45, 7) is 0. The molecule has 0 aliphatic carbocycles. The first kappa shape index (κ1) is 13.6. The molecule has 0 saturated heterocycles. The van der Waals surface area contributed by atoms with Crippen LogP contribution in [0.25, 0.3) is 10.8 Å². The van der Waals surface area contributed by atoms with Crippen LogP contribution in [0.3, 0.4) is 0 Å². The van der Waals surface area contributed by atoms with Crippen LogP contribution in [0, 0.1) is 5.41 Å². The highest BCUT2D eigenvalue weighted by Gasteiger charge is 2.08. The van der Waals surface area contributed by atoms with E-state index in [0.29, 0.717) is 11.3 Å². The summed E-state index contributed by atoms with van der Waals surface area (Å²) >= 11 is 3.46. The van der Waals surface area contributed by atoms with Gasteiger partial charge in [0.25, 0.3) is 0 Å². The molecule has 0 fully saturated rings. The zero-order chi connectivity index (χ0) is 14.8. The summed E-state index contributed by atoms with van der Waals surface area (Å²) in [5.41, 5.74) is 6.14. The first-order valence-electron chi connectivity index (χ1n) is 6.45. The minimum absolute atomic E-state index is 0.0346. The van der Waals surface area contributed by atoms with Crippen molar-refractivity contribution in [3.8, 4) is 11.5 Å². The summed E-state index contributed by atoms with van der Waals surface area (Å²) in [5.74, 6) is 1.52. The van der Waals surface area contributed by atoms with Crippen molar-refractivity contribution < 1.29 is 4.74 Å². The molecule has 0 atom stereocenters. The lowest BCUT2D eigenvalue weighted by Crippen LogP contribution is -2.10. The normalized spacial score (nSPS) is 10.5. The van der Waals surface area contributed by atoms with Gasteiger partial charge in [-0.1, -0.05) is 36.4 Å². The largest absolute Gasteiger partial charge is 0.456 e. The van der Waals surface area contributed by atoms with Crippen LogP contribution in [0.5, 0.6) is 11.5 Å². The SMILES string of the molecule is N=C(N)c1ccc(Oc2cccc3ccccc23)c(Br)c1. The summed E-state index contributed by atoms with van der Waals surface area (Å²) in [7, 11) is 0. The van der Waals surface area contributed by atoms with E-state index < -0.39 is 0 Å². The van der Waals surface area contributed by atoms with Gasteiger partial charge in [0.2, 0.25) is 0 Å². The van der Waals surface area contributed by atoms with Crippen LogP contribution >= 0.6 is 15.9 Å². The molecule has 3 aromatic rings. The van der Waals surface area contributed by atoms with Crippen molar-refractivity contribution in [2.75, 3.05) is 0 Å². The Kier molecular flexibility index (Phi) is 3.62. The molecule has 3 aromatic carbocycles. The van der Waals surface area contributed by atoms with Crippen LogP contribution in [0.15, 0.2) is 65.1 Å². The predicted octanol–water partition coefficient (Wildman–Crippen LogP) is 4.68. The molecule has 104 valence electrons. The molecule has 3 N–H and O–H groups in total. The highest BCUT2D eigenvalue weighted by molar-refractivity contribution is 9.10. The lowest BCUT2D eigenvalue weighted by molar-refractivity contribution is 0.485. The van der Waals surface area contributed by atoms with Gasteiger partial charge in [0.1, 0.15) is 17.3 Å². The van der Waals surface area contributed by atoms with Crippen LogP contribution < -0.4 is 10.5 Å². The van der Waals surface area contributed by atoms with Crippen molar-refractivity contribution in [2.24, 2.45) is 5.73 Å². The Morgan fingerprint density at radius 2 is 1.71 bits per heavy atom. The van der Waals surface area contributed by atoms with Gasteiger partial charge in [0.05, 0.1) is 4.47 Å². The van der Waals surface area contributed by atoms with Gasteiger partial charge in [0.15, 0.2) is 0 Å². The summed E-state index contributed by atoms with van der Waals surface area (Å²) in [5, 5.41) is 9.64. The highest BCUT2D eigenvalue weighted by Crippen LogP contribution is 2.34. The van der Waals surface area contributed by atoms with Gasteiger partial charge in [-0.3, -0.25) is 5.41 Å². The zero-order valence-corrected chi connectivity index (χ0v) is 12.7. The molecule has 4 heteroatoms. The summed E-state index contributed by atoms with van der Waals surface area (Å²) in [6.07, 6.45) is 0. The van der Waals surface area contributed by atoms with Crippen LogP contribution in [-0.2, 0) is 0 Å². The average molecular weight is 341 g/mol. The van der Waals surface area contributed by atoms with E-state index in [2.05, 4.69) is 28.1 Å². The minimum Gasteiger partial charge on any atom is -0.456 e. The lowest BCUT2D eigenvalue weighted by Gasteiger charge is -2.11. The first-order valence-corrected chi connectivity index (χ1v) is 7.24. The second-order valence-corrected chi connectivity index (χ2v) is 5.49. The number of fused-ring (bicyclic) bond motifs is 1. The molecular weight excluding hydrogens is 328 g/mol. The number of halogens is 1. The molecule has 3 nitrogen and oxygen atoms in total. The van der Waals surface area contributed by atoms with Gasteiger partial charge in [-0.05, 0) is 45.6 Å². The fourth-order valence-corrected chi connectivity index (χ4v) is 2.61. The number of nitrogens with two attached hydrogens (primary N) is 1. The standard InChI is InChI=1S/C17H13BrN2O/c18-14-10-12(17(19)20)8-9-16(14)21-15-7-3-5-11-4-1-2-6-13(11)15/h1-10H,(H3,19,20). The molecule has 0 unspecified atom stereocenters. The smallest absolute Gasteiger partial charge is 0.141 e. The topological polar surface area (TPSA) is 59.1 Å². The number of nitrogen functional groups attached to an aromatic ring is 1. The van der Waals surface area contributed by atoms with Crippen molar-refractivity contribution >= 4 is 32.5 Å². The van der Waals surface area contributed by atoms with Gasteiger partial charge in [-0.25, -0.2) is 0 Å². The second-order valence-electron chi connectivity index (χ2n) is 4.64. The Morgan fingerprint density at radius 3 is 2.48 bits per heavy atom. The number of benzene rings is 3. The van der Waals surface area contributed by atoms with Crippen molar-refractivity contribution in [3.63, 3.8) is 0 Å².